The molecule has 1 atom stereocenters. The Balaban J connectivity index is 1.75. The number of benzene rings is 1. The molecule has 0 spiro atoms. The monoisotopic (exact) mass is 312 g/mol. The first-order valence-electron chi connectivity index (χ1n) is 7.11. The molecule has 7 nitrogen and oxygen atoms in total. The van der Waals surface area contributed by atoms with Crippen LogP contribution in [-0.2, 0) is 0 Å². The third-order valence-electron chi connectivity index (χ3n) is 3.17. The third kappa shape index (κ3) is 3.45. The van der Waals surface area contributed by atoms with Crippen molar-refractivity contribution >= 4 is 0 Å². The maximum absolute atomic E-state index is 5.80. The second-order valence-corrected chi connectivity index (χ2v) is 4.96. The van der Waals surface area contributed by atoms with Crippen molar-refractivity contribution in [3.63, 3.8) is 0 Å². The summed E-state index contributed by atoms with van der Waals surface area (Å²) in [5.74, 6) is 2.13. The van der Waals surface area contributed by atoms with Gasteiger partial charge in [0.2, 0.25) is 5.82 Å². The van der Waals surface area contributed by atoms with Crippen LogP contribution in [0.5, 0.6) is 11.5 Å². The van der Waals surface area contributed by atoms with Crippen molar-refractivity contribution < 1.29 is 14.0 Å². The molecule has 0 aliphatic heterocycles. The Bertz CT molecular complexity index is 786. The minimum atomic E-state index is -0.401. The topological polar surface area (TPSA) is 83.2 Å². The van der Waals surface area contributed by atoms with E-state index in [0.29, 0.717) is 23.2 Å². The van der Waals surface area contributed by atoms with Crippen LogP contribution in [0, 0.1) is 6.92 Å². The summed E-state index contributed by atoms with van der Waals surface area (Å²) in [5.41, 5.74) is 1.38. The quantitative estimate of drug-likeness (QED) is 0.716. The maximum atomic E-state index is 5.80. The number of rotatable bonds is 5. The Morgan fingerprint density at radius 2 is 1.91 bits per heavy atom. The SMILES string of the molecule is COc1cccc(O[C@@H](C)c2nc(-c3ccc(C)nn3)no2)c1. The van der Waals surface area contributed by atoms with Crippen molar-refractivity contribution in [2.45, 2.75) is 20.0 Å². The molecule has 0 amide bonds. The van der Waals surface area contributed by atoms with Crippen molar-refractivity contribution in [2.24, 2.45) is 0 Å². The van der Waals surface area contributed by atoms with Gasteiger partial charge in [0.05, 0.1) is 12.8 Å². The van der Waals surface area contributed by atoms with Gasteiger partial charge in [-0.15, -0.1) is 5.10 Å². The molecule has 0 bridgehead atoms. The lowest BCUT2D eigenvalue weighted by molar-refractivity contribution is 0.175. The van der Waals surface area contributed by atoms with Gasteiger partial charge in [0.25, 0.3) is 5.89 Å². The van der Waals surface area contributed by atoms with Gasteiger partial charge in [-0.05, 0) is 38.1 Å². The number of hydrogen-bond donors (Lipinski definition) is 0. The fourth-order valence-electron chi connectivity index (χ4n) is 1.95. The summed E-state index contributed by atoms with van der Waals surface area (Å²) in [6.07, 6.45) is -0.401. The molecule has 118 valence electrons. The van der Waals surface area contributed by atoms with Crippen LogP contribution in [0.25, 0.3) is 11.5 Å². The fraction of sp³-hybridized carbons (Fsp3) is 0.250. The number of methoxy groups -OCH3 is 1. The second-order valence-electron chi connectivity index (χ2n) is 4.96. The fourth-order valence-corrected chi connectivity index (χ4v) is 1.95. The van der Waals surface area contributed by atoms with Gasteiger partial charge in [-0.1, -0.05) is 11.2 Å². The van der Waals surface area contributed by atoms with Gasteiger partial charge in [-0.25, -0.2) is 0 Å². The predicted molar refractivity (Wildman–Crippen MR) is 82.1 cm³/mol. The van der Waals surface area contributed by atoms with Crippen LogP contribution in [0.1, 0.15) is 24.6 Å². The number of hydrogen-bond acceptors (Lipinski definition) is 7. The van der Waals surface area contributed by atoms with E-state index in [1.54, 1.807) is 19.2 Å². The highest BCUT2D eigenvalue weighted by Gasteiger charge is 2.18. The molecule has 3 rings (SSSR count). The summed E-state index contributed by atoms with van der Waals surface area (Å²) in [4.78, 5) is 4.31. The van der Waals surface area contributed by atoms with Gasteiger partial charge < -0.3 is 14.0 Å². The Hall–Kier alpha value is -2.96. The Kier molecular flexibility index (Phi) is 4.18. The van der Waals surface area contributed by atoms with E-state index in [1.165, 1.54) is 0 Å². The molecule has 2 aromatic heterocycles. The molecular weight excluding hydrogens is 296 g/mol. The molecule has 3 aromatic rings. The minimum Gasteiger partial charge on any atom is -0.497 e. The summed E-state index contributed by atoms with van der Waals surface area (Å²) >= 11 is 0. The highest BCUT2D eigenvalue weighted by atomic mass is 16.5. The van der Waals surface area contributed by atoms with Crippen LogP contribution in [0.2, 0.25) is 0 Å². The van der Waals surface area contributed by atoms with Crippen molar-refractivity contribution in [2.75, 3.05) is 7.11 Å². The zero-order chi connectivity index (χ0) is 16.2. The van der Waals surface area contributed by atoms with E-state index in [9.17, 15) is 0 Å². The normalized spacial score (nSPS) is 12.0. The molecule has 0 aliphatic carbocycles. The van der Waals surface area contributed by atoms with Crippen LogP contribution < -0.4 is 9.47 Å². The Labute approximate surface area is 133 Å². The lowest BCUT2D eigenvalue weighted by Gasteiger charge is -2.11. The molecule has 0 saturated carbocycles. The molecule has 0 saturated heterocycles. The molecule has 23 heavy (non-hydrogen) atoms. The summed E-state index contributed by atoms with van der Waals surface area (Å²) in [5, 5.41) is 11.9. The summed E-state index contributed by atoms with van der Waals surface area (Å²) in [7, 11) is 1.61. The van der Waals surface area contributed by atoms with Crippen LogP contribution in [0.15, 0.2) is 40.9 Å². The van der Waals surface area contributed by atoms with Crippen LogP contribution in [-0.4, -0.2) is 27.4 Å². The van der Waals surface area contributed by atoms with E-state index in [-0.39, 0.29) is 0 Å². The van der Waals surface area contributed by atoms with Crippen molar-refractivity contribution in [1.82, 2.24) is 20.3 Å². The van der Waals surface area contributed by atoms with E-state index in [2.05, 4.69) is 20.3 Å². The van der Waals surface area contributed by atoms with Gasteiger partial charge in [-0.3, -0.25) is 0 Å². The van der Waals surface area contributed by atoms with Gasteiger partial charge in [0.15, 0.2) is 6.10 Å². The molecule has 0 fully saturated rings. The summed E-state index contributed by atoms with van der Waals surface area (Å²) < 4.78 is 16.2. The highest BCUT2D eigenvalue weighted by Crippen LogP contribution is 2.25. The average molecular weight is 312 g/mol. The van der Waals surface area contributed by atoms with E-state index in [4.69, 9.17) is 14.0 Å². The summed E-state index contributed by atoms with van der Waals surface area (Å²) in [6.45, 7) is 3.69. The van der Waals surface area contributed by atoms with Crippen LogP contribution in [0.4, 0.5) is 0 Å². The second kappa shape index (κ2) is 6.43. The standard InChI is InChI=1S/C16H16N4O3/c1-10-7-8-14(19-18-10)15-17-16(23-20-15)11(2)22-13-6-4-5-12(9-13)21-3/h4-9,11H,1-3H3/t11-/m0/s1. The molecular formula is C16H16N4O3. The summed E-state index contributed by atoms with van der Waals surface area (Å²) in [6, 6.07) is 11.0. The maximum Gasteiger partial charge on any atom is 0.267 e. The van der Waals surface area contributed by atoms with Crippen molar-refractivity contribution in [3.05, 3.63) is 48.0 Å². The average Bonchev–Trinajstić information content (AvgIpc) is 3.06. The Morgan fingerprint density at radius 3 is 2.65 bits per heavy atom. The lowest BCUT2D eigenvalue weighted by atomic mass is 10.3. The molecule has 0 radical (unpaired) electrons. The van der Waals surface area contributed by atoms with Gasteiger partial charge in [0, 0.05) is 6.07 Å². The van der Waals surface area contributed by atoms with E-state index < -0.39 is 6.10 Å². The number of aromatic nitrogens is 4. The van der Waals surface area contributed by atoms with Gasteiger partial charge in [-0.2, -0.15) is 10.1 Å². The predicted octanol–water partition coefficient (Wildman–Crippen LogP) is 2.98. The van der Waals surface area contributed by atoms with E-state index >= 15 is 0 Å². The highest BCUT2D eigenvalue weighted by molar-refractivity contribution is 5.46. The minimum absolute atomic E-state index is 0.366. The van der Waals surface area contributed by atoms with Crippen LogP contribution >= 0.6 is 0 Å². The molecule has 0 unspecified atom stereocenters. The number of aryl methyl sites for hydroxylation is 1. The van der Waals surface area contributed by atoms with Gasteiger partial charge in [0.1, 0.15) is 17.2 Å². The first-order chi connectivity index (χ1) is 11.2. The first-order valence-corrected chi connectivity index (χ1v) is 7.11. The zero-order valence-electron chi connectivity index (χ0n) is 13.1. The molecule has 1 aromatic carbocycles. The smallest absolute Gasteiger partial charge is 0.267 e. The third-order valence-corrected chi connectivity index (χ3v) is 3.17. The number of ether oxygens (including phenoxy) is 2. The number of nitrogens with zero attached hydrogens (tertiary/aromatic N) is 4. The molecule has 7 heteroatoms. The largest absolute Gasteiger partial charge is 0.497 e. The molecule has 0 aliphatic rings. The van der Waals surface area contributed by atoms with E-state index in [1.807, 2.05) is 38.1 Å². The zero-order valence-corrected chi connectivity index (χ0v) is 13.1. The lowest BCUT2D eigenvalue weighted by Crippen LogP contribution is -2.03. The van der Waals surface area contributed by atoms with Gasteiger partial charge >= 0.3 is 0 Å². The van der Waals surface area contributed by atoms with Crippen molar-refractivity contribution in [1.29, 1.82) is 0 Å². The Morgan fingerprint density at radius 1 is 1.09 bits per heavy atom. The molecule has 0 N–H and O–H groups in total. The van der Waals surface area contributed by atoms with Crippen LogP contribution in [0.3, 0.4) is 0 Å². The van der Waals surface area contributed by atoms with E-state index in [0.717, 1.165) is 11.4 Å². The van der Waals surface area contributed by atoms with Crippen molar-refractivity contribution in [3.8, 4) is 23.0 Å². The first kappa shape index (κ1) is 15.0. The molecule has 2 heterocycles.